The molecule has 96 valence electrons. The van der Waals surface area contributed by atoms with Crippen molar-refractivity contribution in [1.29, 1.82) is 0 Å². The Morgan fingerprint density at radius 2 is 2.29 bits per heavy atom. The van der Waals surface area contributed by atoms with Gasteiger partial charge >= 0.3 is 5.97 Å². The molecule has 1 aliphatic heterocycles. The van der Waals surface area contributed by atoms with Crippen molar-refractivity contribution < 1.29 is 19.1 Å². The van der Waals surface area contributed by atoms with Crippen LogP contribution in [0.2, 0.25) is 0 Å². The van der Waals surface area contributed by atoms with Crippen LogP contribution < -0.4 is 16.0 Å². The maximum Gasteiger partial charge on any atom is 0.328 e. The quantitative estimate of drug-likeness (QED) is 0.503. The Morgan fingerprint density at radius 3 is 2.82 bits per heavy atom. The van der Waals surface area contributed by atoms with Crippen LogP contribution in [0.25, 0.3) is 0 Å². The molecule has 1 aliphatic rings. The molecule has 1 heterocycles. The van der Waals surface area contributed by atoms with Crippen LogP contribution in [0.5, 0.6) is 0 Å². The fraction of sp³-hybridized carbons (Fsp3) is 0.700. The second-order valence-corrected chi connectivity index (χ2v) is 3.72. The van der Waals surface area contributed by atoms with Gasteiger partial charge in [0.2, 0.25) is 11.8 Å². The molecule has 2 unspecified atom stereocenters. The van der Waals surface area contributed by atoms with Gasteiger partial charge in [0, 0.05) is 6.54 Å². The number of carbonyl (C=O) groups is 3. The summed E-state index contributed by atoms with van der Waals surface area (Å²) in [5.74, 6) is -0.946. The molecule has 2 atom stereocenters. The molecule has 0 aromatic heterocycles. The van der Waals surface area contributed by atoms with Crippen molar-refractivity contribution in [2.45, 2.75) is 25.9 Å². The molecule has 1 saturated heterocycles. The van der Waals surface area contributed by atoms with Crippen molar-refractivity contribution in [2.24, 2.45) is 0 Å². The van der Waals surface area contributed by atoms with Crippen LogP contribution in [-0.4, -0.2) is 49.6 Å². The van der Waals surface area contributed by atoms with E-state index in [1.54, 1.807) is 13.8 Å². The van der Waals surface area contributed by atoms with Gasteiger partial charge in [-0.1, -0.05) is 0 Å². The fourth-order valence-corrected chi connectivity index (χ4v) is 1.39. The van der Waals surface area contributed by atoms with Gasteiger partial charge in [-0.05, 0) is 13.8 Å². The topological polar surface area (TPSA) is 96.5 Å². The first-order chi connectivity index (χ1) is 8.04. The highest BCUT2D eigenvalue weighted by atomic mass is 16.5. The van der Waals surface area contributed by atoms with Crippen molar-refractivity contribution in [3.05, 3.63) is 0 Å². The molecule has 7 nitrogen and oxygen atoms in total. The Morgan fingerprint density at radius 1 is 1.59 bits per heavy atom. The van der Waals surface area contributed by atoms with Gasteiger partial charge in [0.05, 0.1) is 13.2 Å². The summed E-state index contributed by atoms with van der Waals surface area (Å²) in [6, 6.07) is -1.20. The van der Waals surface area contributed by atoms with E-state index in [0.29, 0.717) is 0 Å². The van der Waals surface area contributed by atoms with E-state index in [-0.39, 0.29) is 31.5 Å². The van der Waals surface area contributed by atoms with E-state index in [1.807, 2.05) is 0 Å². The van der Waals surface area contributed by atoms with Crippen molar-refractivity contribution in [1.82, 2.24) is 16.0 Å². The number of nitrogens with one attached hydrogen (secondary N) is 3. The van der Waals surface area contributed by atoms with E-state index in [1.165, 1.54) is 0 Å². The molecular formula is C10H17N3O4. The summed E-state index contributed by atoms with van der Waals surface area (Å²) in [4.78, 5) is 33.8. The van der Waals surface area contributed by atoms with Gasteiger partial charge in [-0.25, -0.2) is 4.79 Å². The summed E-state index contributed by atoms with van der Waals surface area (Å²) in [5, 5.41) is 7.85. The number of hydrogen-bond acceptors (Lipinski definition) is 5. The van der Waals surface area contributed by atoms with Gasteiger partial charge in [0.15, 0.2) is 0 Å². The van der Waals surface area contributed by atoms with Gasteiger partial charge in [0.1, 0.15) is 12.1 Å². The summed E-state index contributed by atoms with van der Waals surface area (Å²) in [7, 11) is 0. The molecule has 1 rings (SSSR count). The van der Waals surface area contributed by atoms with E-state index < -0.39 is 18.1 Å². The third kappa shape index (κ3) is 4.03. The van der Waals surface area contributed by atoms with Crippen molar-refractivity contribution in [3.8, 4) is 0 Å². The predicted octanol–water partition coefficient (Wildman–Crippen LogP) is -1.86. The van der Waals surface area contributed by atoms with Crippen molar-refractivity contribution >= 4 is 17.8 Å². The molecule has 3 N–H and O–H groups in total. The van der Waals surface area contributed by atoms with E-state index in [9.17, 15) is 14.4 Å². The molecule has 0 saturated carbocycles. The predicted molar refractivity (Wildman–Crippen MR) is 59.0 cm³/mol. The summed E-state index contributed by atoms with van der Waals surface area (Å²) in [5.41, 5.74) is 0. The normalized spacial score (nSPS) is 21.3. The first kappa shape index (κ1) is 13.4. The zero-order valence-corrected chi connectivity index (χ0v) is 9.91. The first-order valence-corrected chi connectivity index (χ1v) is 5.51. The van der Waals surface area contributed by atoms with Crippen molar-refractivity contribution in [3.63, 3.8) is 0 Å². The second-order valence-electron chi connectivity index (χ2n) is 3.72. The van der Waals surface area contributed by atoms with Gasteiger partial charge < -0.3 is 15.4 Å². The number of piperazine rings is 1. The molecule has 0 radical (unpaired) electrons. The maximum atomic E-state index is 11.7. The second kappa shape index (κ2) is 6.19. The van der Waals surface area contributed by atoms with Crippen LogP contribution in [0.1, 0.15) is 13.8 Å². The number of esters is 1. The molecule has 0 aromatic rings. The van der Waals surface area contributed by atoms with Gasteiger partial charge in [0.25, 0.3) is 0 Å². The average Bonchev–Trinajstić information content (AvgIpc) is 2.30. The monoisotopic (exact) mass is 243 g/mol. The van der Waals surface area contributed by atoms with Crippen molar-refractivity contribution in [2.75, 3.05) is 19.7 Å². The zero-order valence-electron chi connectivity index (χ0n) is 9.91. The number of rotatable bonds is 4. The standard InChI is InChI=1S/C10H17N3O4/c1-3-17-10(16)6(2)13-9(15)7-4-12-8(14)5-11-7/h6-7,11H,3-5H2,1-2H3,(H,12,14)(H,13,15). The number of ether oxygens (including phenoxy) is 1. The van der Waals surface area contributed by atoms with Crippen LogP contribution in [-0.2, 0) is 19.1 Å². The Bertz CT molecular complexity index is 309. The number of carbonyl (C=O) groups excluding carboxylic acids is 3. The molecular weight excluding hydrogens is 226 g/mol. The Hall–Kier alpha value is -1.63. The van der Waals surface area contributed by atoms with E-state index in [4.69, 9.17) is 4.74 Å². The Kier molecular flexibility index (Phi) is 4.89. The lowest BCUT2D eigenvalue weighted by Crippen LogP contribution is -2.59. The minimum atomic E-state index is -0.693. The molecule has 0 aliphatic carbocycles. The highest BCUT2D eigenvalue weighted by Gasteiger charge is 2.26. The zero-order chi connectivity index (χ0) is 12.8. The van der Waals surface area contributed by atoms with Gasteiger partial charge in [-0.15, -0.1) is 0 Å². The van der Waals surface area contributed by atoms with Crippen LogP contribution >= 0.6 is 0 Å². The average molecular weight is 243 g/mol. The molecule has 7 heteroatoms. The van der Waals surface area contributed by atoms with E-state index >= 15 is 0 Å². The lowest BCUT2D eigenvalue weighted by Gasteiger charge is -2.24. The van der Waals surface area contributed by atoms with Crippen LogP contribution in [0.15, 0.2) is 0 Å². The Labute approximate surface area is 99.3 Å². The minimum absolute atomic E-state index is 0.103. The lowest BCUT2D eigenvalue weighted by atomic mass is 10.2. The molecule has 0 spiro atoms. The maximum absolute atomic E-state index is 11.7. The smallest absolute Gasteiger partial charge is 0.328 e. The number of hydrogen-bond donors (Lipinski definition) is 3. The first-order valence-electron chi connectivity index (χ1n) is 5.51. The third-order valence-electron chi connectivity index (χ3n) is 2.33. The summed E-state index contributed by atoms with van der Waals surface area (Å²) < 4.78 is 4.77. The van der Waals surface area contributed by atoms with Crippen LogP contribution in [0.4, 0.5) is 0 Å². The van der Waals surface area contributed by atoms with Gasteiger partial charge in [-0.2, -0.15) is 0 Å². The van der Waals surface area contributed by atoms with E-state index in [0.717, 1.165) is 0 Å². The van der Waals surface area contributed by atoms with Gasteiger partial charge in [-0.3, -0.25) is 14.9 Å². The summed E-state index contributed by atoms with van der Waals surface area (Å²) in [6.45, 7) is 3.85. The lowest BCUT2D eigenvalue weighted by molar-refractivity contribution is -0.147. The highest BCUT2D eigenvalue weighted by molar-refractivity contribution is 5.89. The fourth-order valence-electron chi connectivity index (χ4n) is 1.39. The molecule has 0 bridgehead atoms. The minimum Gasteiger partial charge on any atom is -0.464 e. The Balaban J connectivity index is 2.38. The molecule has 17 heavy (non-hydrogen) atoms. The number of amides is 2. The van der Waals surface area contributed by atoms with Crippen LogP contribution in [0.3, 0.4) is 0 Å². The molecule has 0 aromatic carbocycles. The highest BCUT2D eigenvalue weighted by Crippen LogP contribution is 1.93. The summed E-state index contributed by atoms with van der Waals surface area (Å²) in [6.07, 6.45) is 0. The third-order valence-corrected chi connectivity index (χ3v) is 2.33. The molecule has 2 amide bonds. The SMILES string of the molecule is CCOC(=O)C(C)NC(=O)C1CNC(=O)CN1. The summed E-state index contributed by atoms with van der Waals surface area (Å²) >= 11 is 0. The largest absolute Gasteiger partial charge is 0.464 e. The molecule has 1 fully saturated rings. The van der Waals surface area contributed by atoms with E-state index in [2.05, 4.69) is 16.0 Å². The van der Waals surface area contributed by atoms with Crippen LogP contribution in [0, 0.1) is 0 Å².